The van der Waals surface area contributed by atoms with Crippen molar-refractivity contribution in [2.45, 2.75) is 82.7 Å². The molecule has 0 aromatic heterocycles. The summed E-state index contributed by atoms with van der Waals surface area (Å²) >= 11 is 0. The van der Waals surface area contributed by atoms with Crippen LogP contribution < -0.4 is 0 Å². The zero-order valence-corrected chi connectivity index (χ0v) is 18.8. The highest BCUT2D eigenvalue weighted by atomic mass is 28.4. The highest BCUT2D eigenvalue weighted by Crippen LogP contribution is 2.54. The van der Waals surface area contributed by atoms with Gasteiger partial charge in [-0.05, 0) is 55.6 Å². The van der Waals surface area contributed by atoms with E-state index in [-0.39, 0.29) is 16.2 Å². The lowest BCUT2D eigenvalue weighted by atomic mass is 9.69. The maximum absolute atomic E-state index is 6.83. The average molecular weight is 387 g/mol. The van der Waals surface area contributed by atoms with E-state index < -0.39 is 8.32 Å². The van der Waals surface area contributed by atoms with Gasteiger partial charge in [0.2, 0.25) is 8.32 Å². The van der Waals surface area contributed by atoms with E-state index in [4.69, 9.17) is 13.9 Å². The maximum atomic E-state index is 6.83. The Morgan fingerprint density at radius 1 is 1.00 bits per heavy atom. The SMILES string of the molecule is Cc1ccc2c(c1)C(O[Si](C)(C)C(C)(C)C)=CC21CCC2(CC1)OCCO2. The fourth-order valence-corrected chi connectivity index (χ4v) is 5.52. The second kappa shape index (κ2) is 6.20. The van der Waals surface area contributed by atoms with Gasteiger partial charge in [0.05, 0.1) is 13.2 Å². The van der Waals surface area contributed by atoms with Crippen LogP contribution in [0, 0.1) is 6.92 Å². The molecule has 1 heterocycles. The van der Waals surface area contributed by atoms with E-state index in [1.807, 2.05) is 0 Å². The number of aryl methyl sites for hydroxylation is 1. The summed E-state index contributed by atoms with van der Waals surface area (Å²) in [5, 5.41) is 0.190. The van der Waals surface area contributed by atoms with Crippen LogP contribution in [0.3, 0.4) is 0 Å². The van der Waals surface area contributed by atoms with Gasteiger partial charge in [0, 0.05) is 23.8 Å². The molecule has 4 rings (SSSR count). The predicted octanol–water partition coefficient (Wildman–Crippen LogP) is 5.93. The Bertz CT molecular complexity index is 756. The van der Waals surface area contributed by atoms with Gasteiger partial charge in [-0.3, -0.25) is 0 Å². The summed E-state index contributed by atoms with van der Waals surface area (Å²) in [4.78, 5) is 0. The Labute approximate surface area is 165 Å². The molecule has 1 saturated heterocycles. The van der Waals surface area contributed by atoms with Crippen molar-refractivity contribution >= 4 is 14.1 Å². The number of benzene rings is 1. The average Bonchev–Trinajstić information content (AvgIpc) is 3.14. The van der Waals surface area contributed by atoms with E-state index >= 15 is 0 Å². The molecule has 2 aliphatic carbocycles. The molecule has 0 atom stereocenters. The Morgan fingerprint density at radius 3 is 2.22 bits per heavy atom. The Hall–Kier alpha value is -1.10. The molecule has 3 nitrogen and oxygen atoms in total. The highest BCUT2D eigenvalue weighted by Gasteiger charge is 2.50. The third kappa shape index (κ3) is 3.20. The van der Waals surface area contributed by atoms with Gasteiger partial charge in [-0.15, -0.1) is 0 Å². The lowest BCUT2D eigenvalue weighted by Gasteiger charge is -2.41. The minimum Gasteiger partial charge on any atom is -0.543 e. The summed E-state index contributed by atoms with van der Waals surface area (Å²) in [5.41, 5.74) is 4.12. The van der Waals surface area contributed by atoms with Crippen molar-refractivity contribution < 1.29 is 13.9 Å². The number of rotatable bonds is 2. The van der Waals surface area contributed by atoms with E-state index in [9.17, 15) is 0 Å². The molecule has 3 aliphatic rings. The highest BCUT2D eigenvalue weighted by molar-refractivity contribution is 6.74. The van der Waals surface area contributed by atoms with Gasteiger partial charge in [-0.1, -0.05) is 38.5 Å². The number of hydrogen-bond donors (Lipinski definition) is 0. The first-order valence-electron chi connectivity index (χ1n) is 10.4. The molecule has 2 spiro atoms. The van der Waals surface area contributed by atoms with E-state index in [2.05, 4.69) is 65.1 Å². The normalized spacial score (nSPS) is 23.6. The van der Waals surface area contributed by atoms with Crippen molar-refractivity contribution in [3.05, 3.63) is 41.0 Å². The van der Waals surface area contributed by atoms with Crippen LogP contribution >= 0.6 is 0 Å². The molecule has 0 unspecified atom stereocenters. The first-order valence-corrected chi connectivity index (χ1v) is 13.3. The first kappa shape index (κ1) is 19.2. The van der Waals surface area contributed by atoms with Crippen molar-refractivity contribution in [1.82, 2.24) is 0 Å². The summed E-state index contributed by atoms with van der Waals surface area (Å²) in [6, 6.07) is 6.89. The van der Waals surface area contributed by atoms with Crippen LogP contribution in [-0.2, 0) is 19.3 Å². The van der Waals surface area contributed by atoms with Crippen molar-refractivity contribution in [1.29, 1.82) is 0 Å². The van der Waals surface area contributed by atoms with Crippen molar-refractivity contribution in [2.75, 3.05) is 13.2 Å². The van der Waals surface area contributed by atoms with Crippen molar-refractivity contribution in [3.8, 4) is 0 Å². The molecule has 0 N–H and O–H groups in total. The first-order chi connectivity index (χ1) is 12.6. The molecular formula is C23H34O3Si. The van der Waals surface area contributed by atoms with Crippen LogP contribution in [0.15, 0.2) is 24.3 Å². The Kier molecular flexibility index (Phi) is 4.41. The molecule has 1 aromatic carbocycles. The van der Waals surface area contributed by atoms with E-state index in [0.717, 1.165) is 44.7 Å². The molecule has 0 bridgehead atoms. The van der Waals surface area contributed by atoms with Gasteiger partial charge in [-0.2, -0.15) is 0 Å². The Balaban J connectivity index is 1.68. The largest absolute Gasteiger partial charge is 0.543 e. The monoisotopic (exact) mass is 386 g/mol. The summed E-state index contributed by atoms with van der Waals surface area (Å²) < 4.78 is 18.8. The summed E-state index contributed by atoms with van der Waals surface area (Å²) in [6.45, 7) is 15.2. The summed E-state index contributed by atoms with van der Waals surface area (Å²) in [6.07, 6.45) is 6.49. The second-order valence-electron chi connectivity index (χ2n) is 10.2. The summed E-state index contributed by atoms with van der Waals surface area (Å²) in [7, 11) is -1.89. The van der Waals surface area contributed by atoms with Gasteiger partial charge >= 0.3 is 0 Å². The van der Waals surface area contributed by atoms with Crippen molar-refractivity contribution in [3.63, 3.8) is 0 Å². The molecule has 1 saturated carbocycles. The van der Waals surface area contributed by atoms with Crippen molar-refractivity contribution in [2.24, 2.45) is 0 Å². The zero-order chi connectivity index (χ0) is 19.5. The molecule has 4 heteroatoms. The topological polar surface area (TPSA) is 27.7 Å². The van der Waals surface area contributed by atoms with Gasteiger partial charge in [0.15, 0.2) is 5.79 Å². The summed E-state index contributed by atoms with van der Waals surface area (Å²) in [5.74, 6) is 0.789. The van der Waals surface area contributed by atoms with E-state index in [0.29, 0.717) is 0 Å². The fraction of sp³-hybridized carbons (Fsp3) is 0.652. The molecule has 27 heavy (non-hydrogen) atoms. The quantitative estimate of drug-likeness (QED) is 0.590. The smallest absolute Gasteiger partial charge is 0.250 e. The lowest BCUT2D eigenvalue weighted by molar-refractivity contribution is -0.182. The number of hydrogen-bond acceptors (Lipinski definition) is 3. The third-order valence-corrected chi connectivity index (χ3v) is 11.6. The Morgan fingerprint density at radius 2 is 1.63 bits per heavy atom. The van der Waals surface area contributed by atoms with Gasteiger partial charge in [0.25, 0.3) is 0 Å². The van der Waals surface area contributed by atoms with Gasteiger partial charge < -0.3 is 13.9 Å². The van der Waals surface area contributed by atoms with Crippen LogP contribution in [0.5, 0.6) is 0 Å². The molecule has 148 valence electrons. The zero-order valence-electron chi connectivity index (χ0n) is 17.8. The van der Waals surface area contributed by atoms with Crippen LogP contribution in [0.4, 0.5) is 0 Å². The molecule has 1 aliphatic heterocycles. The number of fused-ring (bicyclic) bond motifs is 2. The molecule has 0 radical (unpaired) electrons. The molecular weight excluding hydrogens is 352 g/mol. The molecule has 2 fully saturated rings. The minimum atomic E-state index is -1.89. The maximum Gasteiger partial charge on any atom is 0.250 e. The molecule has 0 amide bonds. The van der Waals surface area contributed by atoms with Crippen LogP contribution in [0.25, 0.3) is 5.76 Å². The molecule has 1 aromatic rings. The lowest BCUT2D eigenvalue weighted by Crippen LogP contribution is -2.41. The minimum absolute atomic E-state index is 0.0707. The van der Waals surface area contributed by atoms with Crippen LogP contribution in [-0.4, -0.2) is 27.3 Å². The predicted molar refractivity (Wildman–Crippen MR) is 112 cm³/mol. The van der Waals surface area contributed by atoms with E-state index in [1.54, 1.807) is 0 Å². The number of allylic oxidation sites excluding steroid dienone is 1. The third-order valence-electron chi connectivity index (χ3n) is 7.27. The number of ether oxygens (including phenoxy) is 2. The van der Waals surface area contributed by atoms with Crippen LogP contribution in [0.1, 0.15) is 63.1 Å². The van der Waals surface area contributed by atoms with Gasteiger partial charge in [0.1, 0.15) is 5.76 Å². The fourth-order valence-electron chi connectivity index (χ4n) is 4.49. The standard InChI is InChI=1S/C23H34O3Si/c1-17-7-8-19-18(15-17)20(26-27(5,6)21(2,3)4)16-22(19)9-11-23(12-10-22)24-13-14-25-23/h7-8,15-16H,9-14H2,1-6H3. The van der Waals surface area contributed by atoms with E-state index in [1.165, 1.54) is 16.7 Å². The second-order valence-corrected chi connectivity index (χ2v) is 14.9. The van der Waals surface area contributed by atoms with Crippen LogP contribution in [0.2, 0.25) is 18.1 Å². The van der Waals surface area contributed by atoms with Gasteiger partial charge in [-0.25, -0.2) is 0 Å².